The Bertz CT molecular complexity index is 1430. The second-order valence-electron chi connectivity index (χ2n) is 7.30. The number of rotatable bonds is 7. The van der Waals surface area contributed by atoms with E-state index in [-0.39, 0.29) is 18.2 Å². The van der Waals surface area contributed by atoms with Gasteiger partial charge in [-0.05, 0) is 69.2 Å². The molecule has 4 rings (SSSR count). The van der Waals surface area contributed by atoms with Gasteiger partial charge >= 0.3 is 0 Å². The van der Waals surface area contributed by atoms with Crippen LogP contribution in [0, 0.1) is 10.1 Å². The number of carbonyl (C=O) groups is 1. The molecular formula is C24H16BrCl2N3O5S. The lowest BCUT2D eigenvalue weighted by Crippen LogP contribution is -2.19. The van der Waals surface area contributed by atoms with Gasteiger partial charge in [-0.1, -0.05) is 41.4 Å². The average molecular weight is 609 g/mol. The highest BCUT2D eigenvalue weighted by molar-refractivity contribution is 9.10. The van der Waals surface area contributed by atoms with Crippen LogP contribution in [0.15, 0.2) is 69.0 Å². The molecule has 3 aromatic rings. The number of methoxy groups -OCH3 is 1. The fourth-order valence-corrected chi connectivity index (χ4v) is 4.95. The van der Waals surface area contributed by atoms with Crippen LogP contribution in [-0.4, -0.2) is 23.1 Å². The summed E-state index contributed by atoms with van der Waals surface area (Å²) in [7, 11) is 1.50. The number of nitrogens with zero attached hydrogens (tertiary/aromatic N) is 2. The van der Waals surface area contributed by atoms with Gasteiger partial charge in [0.15, 0.2) is 16.7 Å². The molecule has 0 spiro atoms. The summed E-state index contributed by atoms with van der Waals surface area (Å²) in [5.41, 5.74) is 1.75. The number of ether oxygens (including phenoxy) is 2. The van der Waals surface area contributed by atoms with E-state index in [1.807, 2.05) is 0 Å². The topological polar surface area (TPSA) is 103 Å². The molecule has 0 bridgehead atoms. The summed E-state index contributed by atoms with van der Waals surface area (Å²) < 4.78 is 12.0. The maximum Gasteiger partial charge on any atom is 0.269 e. The van der Waals surface area contributed by atoms with Crippen molar-refractivity contribution < 1.29 is 19.2 Å². The van der Waals surface area contributed by atoms with Crippen molar-refractivity contribution in [3.8, 4) is 11.5 Å². The molecule has 0 unspecified atom stereocenters. The molecule has 8 nitrogen and oxygen atoms in total. The number of thioether (sulfide) groups is 1. The molecule has 1 aliphatic rings. The summed E-state index contributed by atoms with van der Waals surface area (Å²) in [5.74, 6) is 0.537. The highest BCUT2D eigenvalue weighted by atomic mass is 79.9. The Labute approximate surface area is 228 Å². The number of amidine groups is 1. The van der Waals surface area contributed by atoms with Gasteiger partial charge in [-0.25, -0.2) is 4.99 Å². The second-order valence-corrected chi connectivity index (χ2v) is 9.97. The van der Waals surface area contributed by atoms with Crippen molar-refractivity contribution >= 4 is 79.4 Å². The molecule has 36 heavy (non-hydrogen) atoms. The number of hydrogen-bond donors (Lipinski definition) is 1. The molecule has 0 atom stereocenters. The SMILES string of the molecule is COc1cc(/C=C2/SC(=Nc3cccc(Cl)c3Cl)NC2=O)cc(Br)c1OCc1cccc([N+](=O)[O-])c1. The number of hydrogen-bond acceptors (Lipinski definition) is 7. The zero-order valence-electron chi connectivity index (χ0n) is 18.5. The van der Waals surface area contributed by atoms with Gasteiger partial charge < -0.3 is 14.8 Å². The fraction of sp³-hybridized carbons (Fsp3) is 0.0833. The molecule has 0 saturated carbocycles. The van der Waals surface area contributed by atoms with Gasteiger partial charge in [0.25, 0.3) is 11.6 Å². The number of nitro groups is 1. The minimum absolute atomic E-state index is 0.0167. The van der Waals surface area contributed by atoms with Crippen molar-refractivity contribution in [3.63, 3.8) is 0 Å². The molecule has 0 aliphatic carbocycles. The first-order chi connectivity index (χ1) is 17.2. The van der Waals surface area contributed by atoms with Crippen molar-refractivity contribution in [2.24, 2.45) is 4.99 Å². The van der Waals surface area contributed by atoms with Crippen molar-refractivity contribution in [2.45, 2.75) is 6.61 Å². The third-order valence-electron chi connectivity index (χ3n) is 4.86. The van der Waals surface area contributed by atoms with Gasteiger partial charge in [0, 0.05) is 12.1 Å². The van der Waals surface area contributed by atoms with E-state index in [1.165, 1.54) is 19.2 Å². The van der Waals surface area contributed by atoms with Crippen LogP contribution < -0.4 is 14.8 Å². The Morgan fingerprint density at radius 1 is 1.19 bits per heavy atom. The molecule has 1 fully saturated rings. The summed E-state index contributed by atoms with van der Waals surface area (Å²) in [6, 6.07) is 14.8. The Kier molecular flexibility index (Phi) is 8.20. The predicted octanol–water partition coefficient (Wildman–Crippen LogP) is 7.14. The lowest BCUT2D eigenvalue weighted by atomic mass is 10.1. The van der Waals surface area contributed by atoms with Gasteiger partial charge in [-0.15, -0.1) is 0 Å². The van der Waals surface area contributed by atoms with Gasteiger partial charge in [-0.2, -0.15) is 0 Å². The van der Waals surface area contributed by atoms with Gasteiger partial charge in [0.2, 0.25) is 0 Å². The van der Waals surface area contributed by atoms with Crippen molar-refractivity contribution in [3.05, 3.63) is 95.3 Å². The second kappa shape index (κ2) is 11.3. The molecule has 1 saturated heterocycles. The van der Waals surface area contributed by atoms with Crippen molar-refractivity contribution in [2.75, 3.05) is 7.11 Å². The Hall–Kier alpha value is -3.05. The number of halogens is 3. The zero-order chi connectivity index (χ0) is 25.8. The van der Waals surface area contributed by atoms with Crippen molar-refractivity contribution in [1.82, 2.24) is 5.32 Å². The monoisotopic (exact) mass is 607 g/mol. The van der Waals surface area contributed by atoms with Gasteiger partial charge in [0.1, 0.15) is 6.61 Å². The number of benzene rings is 3. The van der Waals surface area contributed by atoms with Crippen LogP contribution in [0.3, 0.4) is 0 Å². The summed E-state index contributed by atoms with van der Waals surface area (Å²) in [6.45, 7) is 0.0984. The van der Waals surface area contributed by atoms with E-state index >= 15 is 0 Å². The number of carbonyl (C=O) groups excluding carboxylic acids is 1. The predicted molar refractivity (Wildman–Crippen MR) is 145 cm³/mol. The molecule has 1 aliphatic heterocycles. The third kappa shape index (κ3) is 6.01. The quantitative estimate of drug-likeness (QED) is 0.174. The maximum absolute atomic E-state index is 12.5. The molecule has 1 N–H and O–H groups in total. The Morgan fingerprint density at radius 3 is 2.72 bits per heavy atom. The van der Waals surface area contributed by atoms with Crippen LogP contribution in [0.5, 0.6) is 11.5 Å². The molecule has 3 aromatic carbocycles. The summed E-state index contributed by atoms with van der Waals surface area (Å²) in [6.07, 6.45) is 1.69. The van der Waals surface area contributed by atoms with Crippen LogP contribution in [-0.2, 0) is 11.4 Å². The minimum atomic E-state index is -0.459. The van der Waals surface area contributed by atoms with E-state index < -0.39 is 4.92 Å². The maximum atomic E-state index is 12.5. The smallest absolute Gasteiger partial charge is 0.269 e. The number of amides is 1. The van der Waals surface area contributed by atoms with E-state index in [2.05, 4.69) is 26.2 Å². The lowest BCUT2D eigenvalue weighted by Gasteiger charge is -2.14. The zero-order valence-corrected chi connectivity index (χ0v) is 22.4. The average Bonchev–Trinajstić information content (AvgIpc) is 3.19. The number of non-ortho nitro benzene ring substituents is 1. The first-order valence-corrected chi connectivity index (χ1v) is 12.6. The Morgan fingerprint density at radius 2 is 1.97 bits per heavy atom. The highest BCUT2D eigenvalue weighted by Gasteiger charge is 2.25. The van der Waals surface area contributed by atoms with Gasteiger partial charge in [0.05, 0.1) is 37.1 Å². The molecule has 12 heteroatoms. The van der Waals surface area contributed by atoms with Crippen molar-refractivity contribution in [1.29, 1.82) is 0 Å². The molecule has 1 amide bonds. The molecule has 0 radical (unpaired) electrons. The molecule has 0 aromatic heterocycles. The summed E-state index contributed by atoms with van der Waals surface area (Å²) in [5, 5.41) is 14.8. The lowest BCUT2D eigenvalue weighted by molar-refractivity contribution is -0.384. The van der Waals surface area contributed by atoms with E-state index in [0.717, 1.165) is 11.8 Å². The first kappa shape index (κ1) is 26.0. The van der Waals surface area contributed by atoms with E-state index in [0.29, 0.717) is 52.9 Å². The minimum Gasteiger partial charge on any atom is -0.493 e. The standard InChI is InChI=1S/C24H16BrCl2N3O5S/c1-34-19-10-14(9-16(25)22(19)35-12-13-4-2-5-15(8-13)30(32)33)11-20-23(31)29-24(36-20)28-18-7-3-6-17(26)21(18)27/h2-11H,12H2,1H3,(H,28,29,31)/b20-11+. The first-order valence-electron chi connectivity index (χ1n) is 10.2. The van der Waals surface area contributed by atoms with Crippen LogP contribution in [0.25, 0.3) is 6.08 Å². The molecule has 1 heterocycles. The summed E-state index contributed by atoms with van der Waals surface area (Å²) >= 11 is 16.9. The Balaban J connectivity index is 1.54. The summed E-state index contributed by atoms with van der Waals surface area (Å²) in [4.78, 5) is 27.9. The van der Waals surface area contributed by atoms with Crippen LogP contribution in [0.1, 0.15) is 11.1 Å². The normalized spacial score (nSPS) is 15.3. The molecular weight excluding hydrogens is 593 g/mol. The van der Waals surface area contributed by atoms with E-state index in [1.54, 1.807) is 48.5 Å². The number of aliphatic imine (C=N–C) groups is 1. The van der Waals surface area contributed by atoms with E-state index in [9.17, 15) is 14.9 Å². The van der Waals surface area contributed by atoms with Crippen LogP contribution in [0.2, 0.25) is 10.0 Å². The third-order valence-corrected chi connectivity index (χ3v) is 7.17. The number of nitrogens with one attached hydrogen (secondary N) is 1. The fourth-order valence-electron chi connectivity index (χ4n) is 3.20. The number of nitro benzene ring substituents is 1. The van der Waals surface area contributed by atoms with Crippen LogP contribution in [0.4, 0.5) is 11.4 Å². The van der Waals surface area contributed by atoms with E-state index in [4.69, 9.17) is 32.7 Å². The molecule has 184 valence electrons. The highest BCUT2D eigenvalue weighted by Crippen LogP contribution is 2.39. The largest absolute Gasteiger partial charge is 0.493 e. The van der Waals surface area contributed by atoms with Crippen LogP contribution >= 0.6 is 50.9 Å². The van der Waals surface area contributed by atoms with Gasteiger partial charge in [-0.3, -0.25) is 14.9 Å².